The number of rotatable bonds is 6. The molecule has 1 saturated carbocycles. The lowest BCUT2D eigenvalue weighted by molar-refractivity contribution is 0.684. The number of hydrogen-bond acceptors (Lipinski definition) is 2. The topological polar surface area (TPSA) is 29.9 Å². The Morgan fingerprint density at radius 3 is 2.95 bits per heavy atom. The van der Waals surface area contributed by atoms with Gasteiger partial charge in [-0.2, -0.15) is 0 Å². The van der Waals surface area contributed by atoms with Crippen LogP contribution in [0.5, 0.6) is 0 Å². The van der Waals surface area contributed by atoms with Gasteiger partial charge in [0.25, 0.3) is 0 Å². The fraction of sp³-hybridized carbons (Fsp3) is 0.438. The Hall–Kier alpha value is -1.61. The smallest absolute Gasteiger partial charge is 0.108 e. The van der Waals surface area contributed by atoms with Crippen molar-refractivity contribution >= 4 is 0 Å². The van der Waals surface area contributed by atoms with Gasteiger partial charge in [-0.3, -0.25) is 0 Å². The molecule has 2 aromatic rings. The van der Waals surface area contributed by atoms with Crippen molar-refractivity contribution in [2.24, 2.45) is 0 Å². The Morgan fingerprint density at radius 2 is 2.16 bits per heavy atom. The summed E-state index contributed by atoms with van der Waals surface area (Å²) >= 11 is 0. The lowest BCUT2D eigenvalue weighted by Crippen LogP contribution is -2.15. The SMILES string of the molecule is CCc1nccn1Cc1cccc(CNC2CC2)c1. The molecule has 3 nitrogen and oxygen atoms in total. The van der Waals surface area contributed by atoms with Crippen molar-refractivity contribution in [3.8, 4) is 0 Å². The molecule has 1 heterocycles. The Labute approximate surface area is 114 Å². The van der Waals surface area contributed by atoms with E-state index < -0.39 is 0 Å². The first-order valence-electron chi connectivity index (χ1n) is 7.16. The number of aromatic nitrogens is 2. The molecule has 0 aliphatic heterocycles. The maximum Gasteiger partial charge on any atom is 0.108 e. The van der Waals surface area contributed by atoms with Gasteiger partial charge in [-0.15, -0.1) is 0 Å². The van der Waals surface area contributed by atoms with Crippen LogP contribution < -0.4 is 5.32 Å². The molecule has 0 bridgehead atoms. The molecule has 0 saturated heterocycles. The van der Waals surface area contributed by atoms with Gasteiger partial charge in [0.2, 0.25) is 0 Å². The average Bonchev–Trinajstić information content (AvgIpc) is 3.16. The molecule has 19 heavy (non-hydrogen) atoms. The summed E-state index contributed by atoms with van der Waals surface area (Å²) in [6.45, 7) is 4.05. The summed E-state index contributed by atoms with van der Waals surface area (Å²) in [5.74, 6) is 1.15. The monoisotopic (exact) mass is 255 g/mol. The lowest BCUT2D eigenvalue weighted by atomic mass is 10.1. The van der Waals surface area contributed by atoms with E-state index in [1.54, 1.807) is 0 Å². The third-order valence-corrected chi connectivity index (χ3v) is 3.63. The fourth-order valence-electron chi connectivity index (χ4n) is 2.38. The summed E-state index contributed by atoms with van der Waals surface area (Å²) in [4.78, 5) is 4.37. The van der Waals surface area contributed by atoms with Crippen LogP contribution in [0.4, 0.5) is 0 Å². The average molecular weight is 255 g/mol. The minimum absolute atomic E-state index is 0.768. The molecule has 0 amide bonds. The Bertz CT molecular complexity index is 540. The van der Waals surface area contributed by atoms with E-state index in [0.29, 0.717) is 0 Å². The number of benzene rings is 1. The van der Waals surface area contributed by atoms with Crippen LogP contribution >= 0.6 is 0 Å². The molecule has 1 aromatic carbocycles. The van der Waals surface area contributed by atoms with E-state index >= 15 is 0 Å². The van der Waals surface area contributed by atoms with Gasteiger partial charge >= 0.3 is 0 Å². The highest BCUT2D eigenvalue weighted by molar-refractivity contribution is 5.24. The minimum Gasteiger partial charge on any atom is -0.331 e. The van der Waals surface area contributed by atoms with Gasteiger partial charge in [-0.05, 0) is 24.0 Å². The molecule has 0 radical (unpaired) electrons. The van der Waals surface area contributed by atoms with Gasteiger partial charge in [-0.1, -0.05) is 31.2 Å². The molecule has 0 atom stereocenters. The van der Waals surface area contributed by atoms with Gasteiger partial charge in [0.05, 0.1) is 0 Å². The first kappa shape index (κ1) is 12.4. The van der Waals surface area contributed by atoms with Crippen molar-refractivity contribution < 1.29 is 0 Å². The molecule has 1 fully saturated rings. The third kappa shape index (κ3) is 3.24. The number of nitrogens with one attached hydrogen (secondary N) is 1. The van der Waals surface area contributed by atoms with Gasteiger partial charge in [-0.25, -0.2) is 4.98 Å². The molecule has 0 spiro atoms. The highest BCUT2D eigenvalue weighted by Crippen LogP contribution is 2.19. The summed E-state index contributed by atoms with van der Waals surface area (Å²) in [7, 11) is 0. The molecule has 3 heteroatoms. The van der Waals surface area contributed by atoms with Crippen LogP contribution in [0.2, 0.25) is 0 Å². The van der Waals surface area contributed by atoms with Crippen molar-refractivity contribution in [3.63, 3.8) is 0 Å². The van der Waals surface area contributed by atoms with E-state index in [1.807, 2.05) is 6.20 Å². The van der Waals surface area contributed by atoms with E-state index in [9.17, 15) is 0 Å². The maximum absolute atomic E-state index is 4.37. The second-order valence-electron chi connectivity index (χ2n) is 5.30. The predicted octanol–water partition coefficient (Wildman–Crippen LogP) is 2.75. The van der Waals surface area contributed by atoms with Crippen molar-refractivity contribution in [2.45, 2.75) is 45.3 Å². The van der Waals surface area contributed by atoms with E-state index in [-0.39, 0.29) is 0 Å². The van der Waals surface area contributed by atoms with E-state index in [4.69, 9.17) is 0 Å². The second kappa shape index (κ2) is 5.57. The van der Waals surface area contributed by atoms with Crippen LogP contribution in [0.25, 0.3) is 0 Å². The second-order valence-corrected chi connectivity index (χ2v) is 5.30. The Morgan fingerprint density at radius 1 is 1.32 bits per heavy atom. The Balaban J connectivity index is 1.68. The highest BCUT2D eigenvalue weighted by Gasteiger charge is 2.19. The summed E-state index contributed by atoms with van der Waals surface area (Å²) in [6.07, 6.45) is 7.62. The summed E-state index contributed by atoms with van der Waals surface area (Å²) in [5.41, 5.74) is 2.73. The normalized spacial score (nSPS) is 14.8. The van der Waals surface area contributed by atoms with Gasteiger partial charge in [0.1, 0.15) is 5.82 Å². The number of imidazole rings is 1. The summed E-state index contributed by atoms with van der Waals surface area (Å²) in [5, 5.41) is 3.56. The predicted molar refractivity (Wildman–Crippen MR) is 77.0 cm³/mol. The molecule has 0 unspecified atom stereocenters. The Kier molecular flexibility index (Phi) is 3.65. The van der Waals surface area contributed by atoms with Gasteiger partial charge < -0.3 is 9.88 Å². The zero-order chi connectivity index (χ0) is 13.1. The van der Waals surface area contributed by atoms with Crippen LogP contribution in [0.3, 0.4) is 0 Å². The first-order valence-corrected chi connectivity index (χ1v) is 7.16. The lowest BCUT2D eigenvalue weighted by Gasteiger charge is -2.09. The molecule has 100 valence electrons. The number of nitrogens with zero attached hydrogens (tertiary/aromatic N) is 2. The molecule has 1 N–H and O–H groups in total. The molecule has 3 rings (SSSR count). The maximum atomic E-state index is 4.37. The highest BCUT2D eigenvalue weighted by atomic mass is 15.1. The number of hydrogen-bond donors (Lipinski definition) is 1. The first-order chi connectivity index (χ1) is 9.35. The molecular formula is C16H21N3. The molecule has 1 aliphatic rings. The van der Waals surface area contributed by atoms with Crippen LogP contribution in [0, 0.1) is 0 Å². The molecule has 1 aromatic heterocycles. The van der Waals surface area contributed by atoms with Crippen LogP contribution in [-0.4, -0.2) is 15.6 Å². The zero-order valence-corrected chi connectivity index (χ0v) is 11.5. The van der Waals surface area contributed by atoms with Gasteiger partial charge in [0, 0.05) is 37.9 Å². The van der Waals surface area contributed by atoms with Crippen molar-refractivity contribution in [1.29, 1.82) is 0 Å². The third-order valence-electron chi connectivity index (χ3n) is 3.63. The number of aryl methyl sites for hydroxylation is 1. The standard InChI is InChI=1S/C16H21N3/c1-2-16-17-8-9-19(16)12-14-5-3-4-13(10-14)11-18-15-6-7-15/h3-5,8-10,15,18H,2,6-7,11-12H2,1H3. The summed E-state index contributed by atoms with van der Waals surface area (Å²) < 4.78 is 2.23. The minimum atomic E-state index is 0.768. The van der Waals surface area contributed by atoms with E-state index in [0.717, 1.165) is 31.4 Å². The van der Waals surface area contributed by atoms with Crippen LogP contribution in [-0.2, 0) is 19.5 Å². The molecule has 1 aliphatic carbocycles. The van der Waals surface area contributed by atoms with E-state index in [2.05, 4.69) is 52.3 Å². The van der Waals surface area contributed by atoms with E-state index in [1.165, 1.54) is 24.0 Å². The van der Waals surface area contributed by atoms with Crippen LogP contribution in [0.15, 0.2) is 36.7 Å². The van der Waals surface area contributed by atoms with Gasteiger partial charge in [0.15, 0.2) is 0 Å². The zero-order valence-electron chi connectivity index (χ0n) is 11.5. The fourth-order valence-corrected chi connectivity index (χ4v) is 2.38. The largest absolute Gasteiger partial charge is 0.331 e. The summed E-state index contributed by atoms with van der Waals surface area (Å²) in [6, 6.07) is 9.62. The molecular weight excluding hydrogens is 234 g/mol. The van der Waals surface area contributed by atoms with Crippen molar-refractivity contribution in [3.05, 3.63) is 53.6 Å². The quantitative estimate of drug-likeness (QED) is 0.860. The van der Waals surface area contributed by atoms with Crippen molar-refractivity contribution in [2.75, 3.05) is 0 Å². The van der Waals surface area contributed by atoms with Crippen molar-refractivity contribution in [1.82, 2.24) is 14.9 Å². The van der Waals surface area contributed by atoms with Crippen LogP contribution in [0.1, 0.15) is 36.7 Å².